The van der Waals surface area contributed by atoms with Crippen molar-refractivity contribution in [2.45, 2.75) is 6.04 Å². The zero-order chi connectivity index (χ0) is 9.84. The molecule has 0 aromatic heterocycles. The van der Waals surface area contributed by atoms with Gasteiger partial charge in [0.05, 0.1) is 7.11 Å². The second-order valence-electron chi connectivity index (χ2n) is 2.73. The Morgan fingerprint density at radius 1 is 1.54 bits per heavy atom. The molecular formula is C9H13BrN2O. The van der Waals surface area contributed by atoms with Crippen LogP contribution in [0.25, 0.3) is 0 Å². The number of benzene rings is 1. The summed E-state index contributed by atoms with van der Waals surface area (Å²) in [4.78, 5) is 0. The lowest BCUT2D eigenvalue weighted by molar-refractivity contribution is 0.405. The van der Waals surface area contributed by atoms with Gasteiger partial charge in [-0.3, -0.25) is 0 Å². The van der Waals surface area contributed by atoms with Gasteiger partial charge in [-0.05, 0) is 12.1 Å². The van der Waals surface area contributed by atoms with Crippen molar-refractivity contribution < 1.29 is 4.74 Å². The van der Waals surface area contributed by atoms with E-state index in [-0.39, 0.29) is 6.04 Å². The molecule has 0 radical (unpaired) electrons. The topological polar surface area (TPSA) is 61.3 Å². The van der Waals surface area contributed by atoms with Crippen LogP contribution in [0.3, 0.4) is 0 Å². The highest BCUT2D eigenvalue weighted by Crippen LogP contribution is 2.26. The third-order valence-electron chi connectivity index (χ3n) is 1.85. The summed E-state index contributed by atoms with van der Waals surface area (Å²) in [5.41, 5.74) is 12.2. The predicted molar refractivity (Wildman–Crippen MR) is 56.7 cm³/mol. The molecule has 0 unspecified atom stereocenters. The molecule has 0 bridgehead atoms. The first-order chi connectivity index (χ1) is 6.19. The molecule has 0 saturated carbocycles. The molecule has 1 aromatic carbocycles. The Morgan fingerprint density at radius 3 is 2.77 bits per heavy atom. The molecule has 0 aliphatic rings. The lowest BCUT2D eigenvalue weighted by Crippen LogP contribution is -2.21. The van der Waals surface area contributed by atoms with Crippen LogP contribution >= 0.6 is 15.9 Å². The van der Waals surface area contributed by atoms with Crippen LogP contribution in [0.5, 0.6) is 5.75 Å². The molecule has 0 amide bonds. The molecule has 0 saturated heterocycles. The van der Waals surface area contributed by atoms with Crippen LogP contribution in [0.1, 0.15) is 11.6 Å². The van der Waals surface area contributed by atoms with Crippen molar-refractivity contribution in [1.82, 2.24) is 0 Å². The van der Waals surface area contributed by atoms with Crippen molar-refractivity contribution in [1.29, 1.82) is 0 Å². The molecule has 1 aromatic rings. The Hall–Kier alpha value is -0.580. The van der Waals surface area contributed by atoms with Gasteiger partial charge in [0.25, 0.3) is 0 Å². The minimum atomic E-state index is -0.164. The summed E-state index contributed by atoms with van der Waals surface area (Å²) < 4.78 is 6.15. The first-order valence-corrected chi connectivity index (χ1v) is 4.77. The molecule has 1 rings (SSSR count). The molecule has 0 spiro atoms. The molecule has 4 N–H and O–H groups in total. The van der Waals surface area contributed by atoms with Gasteiger partial charge in [-0.1, -0.05) is 22.0 Å². The Bertz CT molecular complexity index is 291. The first kappa shape index (κ1) is 10.5. The third kappa shape index (κ3) is 2.43. The fourth-order valence-corrected chi connectivity index (χ4v) is 1.46. The molecule has 0 aliphatic heterocycles. The van der Waals surface area contributed by atoms with Gasteiger partial charge in [0.1, 0.15) is 5.75 Å². The van der Waals surface area contributed by atoms with Gasteiger partial charge in [-0.2, -0.15) is 0 Å². The average molecular weight is 245 g/mol. The Labute approximate surface area is 86.2 Å². The normalized spacial score (nSPS) is 12.6. The Morgan fingerprint density at radius 2 is 2.23 bits per heavy atom. The van der Waals surface area contributed by atoms with E-state index in [0.29, 0.717) is 6.54 Å². The average Bonchev–Trinajstić information content (AvgIpc) is 2.16. The largest absolute Gasteiger partial charge is 0.496 e. The molecule has 72 valence electrons. The summed E-state index contributed by atoms with van der Waals surface area (Å²) in [6.45, 7) is 0.415. The van der Waals surface area contributed by atoms with E-state index in [2.05, 4.69) is 15.9 Å². The molecular weight excluding hydrogens is 232 g/mol. The first-order valence-electron chi connectivity index (χ1n) is 3.98. The van der Waals surface area contributed by atoms with Crippen LogP contribution in [0, 0.1) is 0 Å². The van der Waals surface area contributed by atoms with E-state index in [0.717, 1.165) is 15.8 Å². The number of hydrogen-bond donors (Lipinski definition) is 2. The van der Waals surface area contributed by atoms with E-state index in [1.807, 2.05) is 18.2 Å². The SMILES string of the molecule is COc1cc(Br)ccc1[C@H](N)CN. The smallest absolute Gasteiger partial charge is 0.124 e. The van der Waals surface area contributed by atoms with Crippen molar-refractivity contribution >= 4 is 15.9 Å². The van der Waals surface area contributed by atoms with E-state index in [1.165, 1.54) is 0 Å². The quantitative estimate of drug-likeness (QED) is 0.846. The fourth-order valence-electron chi connectivity index (χ4n) is 1.12. The number of halogens is 1. The number of rotatable bonds is 3. The lowest BCUT2D eigenvalue weighted by atomic mass is 10.1. The summed E-state index contributed by atoms with van der Waals surface area (Å²) in [5, 5.41) is 0. The van der Waals surface area contributed by atoms with E-state index in [1.54, 1.807) is 7.11 Å². The Kier molecular flexibility index (Phi) is 3.71. The summed E-state index contributed by atoms with van der Waals surface area (Å²) in [5.74, 6) is 0.771. The molecule has 0 fully saturated rings. The van der Waals surface area contributed by atoms with Crippen molar-refractivity contribution in [3.63, 3.8) is 0 Å². The molecule has 3 nitrogen and oxygen atoms in total. The zero-order valence-corrected chi connectivity index (χ0v) is 9.04. The van der Waals surface area contributed by atoms with Gasteiger partial charge in [-0.25, -0.2) is 0 Å². The van der Waals surface area contributed by atoms with Gasteiger partial charge in [-0.15, -0.1) is 0 Å². The van der Waals surface area contributed by atoms with Crippen LogP contribution in [0.4, 0.5) is 0 Å². The second-order valence-corrected chi connectivity index (χ2v) is 3.64. The van der Waals surface area contributed by atoms with Crippen LogP contribution in [-0.4, -0.2) is 13.7 Å². The van der Waals surface area contributed by atoms with Gasteiger partial charge in [0, 0.05) is 22.6 Å². The van der Waals surface area contributed by atoms with E-state index in [4.69, 9.17) is 16.2 Å². The highest BCUT2D eigenvalue weighted by atomic mass is 79.9. The lowest BCUT2D eigenvalue weighted by Gasteiger charge is -2.13. The van der Waals surface area contributed by atoms with Crippen LogP contribution in [-0.2, 0) is 0 Å². The summed E-state index contributed by atoms with van der Waals surface area (Å²) in [6.07, 6.45) is 0. The number of nitrogens with two attached hydrogens (primary N) is 2. The van der Waals surface area contributed by atoms with Crippen molar-refractivity contribution in [2.24, 2.45) is 11.5 Å². The van der Waals surface area contributed by atoms with Crippen LogP contribution < -0.4 is 16.2 Å². The molecule has 0 aliphatic carbocycles. The van der Waals surface area contributed by atoms with Crippen molar-refractivity contribution in [3.8, 4) is 5.75 Å². The third-order valence-corrected chi connectivity index (χ3v) is 2.34. The highest BCUT2D eigenvalue weighted by molar-refractivity contribution is 9.10. The van der Waals surface area contributed by atoms with Gasteiger partial charge < -0.3 is 16.2 Å². The van der Waals surface area contributed by atoms with E-state index >= 15 is 0 Å². The standard InChI is InChI=1S/C9H13BrN2O/c1-13-9-4-6(10)2-3-7(9)8(12)5-11/h2-4,8H,5,11-12H2,1H3/t8-/m1/s1. The molecule has 13 heavy (non-hydrogen) atoms. The van der Waals surface area contributed by atoms with Crippen LogP contribution in [0.2, 0.25) is 0 Å². The maximum atomic E-state index is 5.80. The number of ether oxygens (including phenoxy) is 1. The van der Waals surface area contributed by atoms with E-state index in [9.17, 15) is 0 Å². The summed E-state index contributed by atoms with van der Waals surface area (Å²) in [6, 6.07) is 5.56. The Balaban J connectivity index is 3.05. The monoisotopic (exact) mass is 244 g/mol. The highest BCUT2D eigenvalue weighted by Gasteiger charge is 2.09. The fraction of sp³-hybridized carbons (Fsp3) is 0.333. The van der Waals surface area contributed by atoms with Gasteiger partial charge >= 0.3 is 0 Å². The van der Waals surface area contributed by atoms with E-state index < -0.39 is 0 Å². The van der Waals surface area contributed by atoms with Crippen molar-refractivity contribution in [2.75, 3.05) is 13.7 Å². The van der Waals surface area contributed by atoms with Crippen molar-refractivity contribution in [3.05, 3.63) is 28.2 Å². The minimum absolute atomic E-state index is 0.164. The molecule has 0 heterocycles. The second kappa shape index (κ2) is 4.60. The van der Waals surface area contributed by atoms with Crippen LogP contribution in [0.15, 0.2) is 22.7 Å². The summed E-state index contributed by atoms with van der Waals surface area (Å²) in [7, 11) is 1.62. The van der Waals surface area contributed by atoms with Gasteiger partial charge in [0.2, 0.25) is 0 Å². The zero-order valence-electron chi connectivity index (χ0n) is 7.46. The summed E-state index contributed by atoms with van der Waals surface area (Å²) >= 11 is 3.36. The maximum absolute atomic E-state index is 5.80. The number of methoxy groups -OCH3 is 1. The van der Waals surface area contributed by atoms with Gasteiger partial charge in [0.15, 0.2) is 0 Å². The minimum Gasteiger partial charge on any atom is -0.496 e. The molecule has 1 atom stereocenters. The number of hydrogen-bond acceptors (Lipinski definition) is 3. The maximum Gasteiger partial charge on any atom is 0.124 e. The molecule has 4 heteroatoms. The predicted octanol–water partition coefficient (Wildman–Crippen LogP) is 1.42.